The molecule has 0 aliphatic heterocycles. The molecule has 130 valence electrons. The summed E-state index contributed by atoms with van der Waals surface area (Å²) in [6.07, 6.45) is 2.50. The number of hydrogen-bond donors (Lipinski definition) is 2. The number of halogens is 1. The van der Waals surface area contributed by atoms with E-state index in [0.717, 1.165) is 30.0 Å². The lowest BCUT2D eigenvalue weighted by Gasteiger charge is -2.08. The molecule has 2 heterocycles. The molecule has 2 aromatic heterocycles. The van der Waals surface area contributed by atoms with Crippen LogP contribution in [-0.2, 0) is 16.4 Å². The van der Waals surface area contributed by atoms with Gasteiger partial charge in [-0.05, 0) is 36.2 Å². The van der Waals surface area contributed by atoms with Crippen LogP contribution in [0.4, 0.5) is 11.5 Å². The lowest BCUT2D eigenvalue weighted by Crippen LogP contribution is -2.12. The van der Waals surface area contributed by atoms with Crippen molar-refractivity contribution in [3.05, 3.63) is 70.7 Å². The molecule has 0 saturated heterocycles. The summed E-state index contributed by atoms with van der Waals surface area (Å²) in [5, 5.41) is 3.26. The molecule has 0 amide bonds. The molecule has 0 fully saturated rings. The molecule has 5 nitrogen and oxygen atoms in total. The van der Waals surface area contributed by atoms with Gasteiger partial charge in [0.15, 0.2) is 0 Å². The van der Waals surface area contributed by atoms with E-state index in [2.05, 4.69) is 27.2 Å². The Labute approximate surface area is 155 Å². The molecule has 1 aromatic carbocycles. The third-order valence-electron chi connectivity index (χ3n) is 3.40. The molecule has 3 aromatic rings. The largest absolute Gasteiger partial charge is 0.383 e. The highest BCUT2D eigenvalue weighted by molar-refractivity contribution is 7.94. The highest BCUT2D eigenvalue weighted by Crippen LogP contribution is 2.27. The Balaban J connectivity index is 1.57. The van der Waals surface area contributed by atoms with E-state index in [0.29, 0.717) is 4.34 Å². The summed E-state index contributed by atoms with van der Waals surface area (Å²) in [5.74, 6) is 0.262. The van der Waals surface area contributed by atoms with Gasteiger partial charge in [-0.15, -0.1) is 11.3 Å². The maximum Gasteiger partial charge on any atom is 0.272 e. The molecular formula is C17H16ClN3O2S2. The van der Waals surface area contributed by atoms with Crippen LogP contribution in [0.3, 0.4) is 0 Å². The Morgan fingerprint density at radius 3 is 2.48 bits per heavy atom. The predicted octanol–water partition coefficient (Wildman–Crippen LogP) is 4.25. The van der Waals surface area contributed by atoms with Gasteiger partial charge >= 0.3 is 0 Å². The van der Waals surface area contributed by atoms with Gasteiger partial charge in [-0.2, -0.15) is 0 Å². The minimum atomic E-state index is -3.66. The number of nitrogens with zero attached hydrogens (tertiary/aromatic N) is 1. The van der Waals surface area contributed by atoms with E-state index in [1.807, 2.05) is 18.2 Å². The number of thiophene rings is 1. The highest BCUT2D eigenvalue weighted by atomic mass is 35.5. The molecule has 25 heavy (non-hydrogen) atoms. The molecule has 0 radical (unpaired) electrons. The first kappa shape index (κ1) is 17.7. The van der Waals surface area contributed by atoms with Crippen molar-refractivity contribution in [1.82, 2.24) is 4.98 Å². The van der Waals surface area contributed by atoms with E-state index in [4.69, 9.17) is 11.6 Å². The van der Waals surface area contributed by atoms with Crippen molar-refractivity contribution in [1.29, 1.82) is 0 Å². The van der Waals surface area contributed by atoms with Crippen molar-refractivity contribution in [3.8, 4) is 0 Å². The summed E-state index contributed by atoms with van der Waals surface area (Å²) in [5.41, 5.74) is 2.08. The summed E-state index contributed by atoms with van der Waals surface area (Å²) in [6.45, 7) is 0.768. The van der Waals surface area contributed by atoms with Gasteiger partial charge in [-0.1, -0.05) is 41.9 Å². The van der Waals surface area contributed by atoms with E-state index in [9.17, 15) is 8.42 Å². The monoisotopic (exact) mass is 393 g/mol. The van der Waals surface area contributed by atoms with E-state index < -0.39 is 10.0 Å². The molecule has 0 atom stereocenters. The average Bonchev–Trinajstić information content (AvgIpc) is 3.05. The fraction of sp³-hybridized carbons (Fsp3) is 0.118. The Morgan fingerprint density at radius 2 is 1.84 bits per heavy atom. The fourth-order valence-corrected chi connectivity index (χ4v) is 4.68. The van der Waals surface area contributed by atoms with Gasteiger partial charge in [0.25, 0.3) is 10.0 Å². The molecule has 0 spiro atoms. The van der Waals surface area contributed by atoms with Crippen LogP contribution in [0.15, 0.2) is 65.0 Å². The van der Waals surface area contributed by atoms with Gasteiger partial charge in [0.1, 0.15) is 10.0 Å². The summed E-state index contributed by atoms with van der Waals surface area (Å²) < 4.78 is 27.4. The van der Waals surface area contributed by atoms with Crippen LogP contribution < -0.4 is 10.0 Å². The Hall–Kier alpha value is -2.09. The maximum absolute atomic E-state index is 12.2. The average molecular weight is 394 g/mol. The smallest absolute Gasteiger partial charge is 0.272 e. The second kappa shape index (κ2) is 7.86. The summed E-state index contributed by atoms with van der Waals surface area (Å²) in [7, 11) is -3.66. The van der Waals surface area contributed by atoms with Crippen LogP contribution in [0.1, 0.15) is 5.56 Å². The molecular weight excluding hydrogens is 378 g/mol. The number of aromatic nitrogens is 1. The van der Waals surface area contributed by atoms with Crippen LogP contribution >= 0.6 is 22.9 Å². The first-order valence-corrected chi connectivity index (χ1v) is 10.2. The lowest BCUT2D eigenvalue weighted by molar-refractivity contribution is 0.603. The van der Waals surface area contributed by atoms with Gasteiger partial charge in [0.2, 0.25) is 0 Å². The van der Waals surface area contributed by atoms with Crippen LogP contribution in [0, 0.1) is 0 Å². The molecule has 2 N–H and O–H groups in total. The van der Waals surface area contributed by atoms with Crippen LogP contribution in [0.5, 0.6) is 0 Å². The molecule has 0 saturated carbocycles. The Kier molecular flexibility index (Phi) is 5.57. The molecule has 3 rings (SSSR count). The molecule has 0 bridgehead atoms. The second-order valence-electron chi connectivity index (χ2n) is 5.26. The van der Waals surface area contributed by atoms with E-state index >= 15 is 0 Å². The van der Waals surface area contributed by atoms with E-state index in [1.54, 1.807) is 24.4 Å². The second-order valence-corrected chi connectivity index (χ2v) is 8.88. The molecule has 0 unspecified atom stereocenters. The maximum atomic E-state index is 12.2. The van der Waals surface area contributed by atoms with Gasteiger partial charge in [-0.3, -0.25) is 4.72 Å². The molecule has 0 aliphatic carbocycles. The van der Waals surface area contributed by atoms with Crippen molar-refractivity contribution >= 4 is 44.5 Å². The first-order chi connectivity index (χ1) is 12.0. The SMILES string of the molecule is O=S(=O)(Nc1ccc(NCCc2ccccc2)cn1)c1ccc(Cl)s1. The predicted molar refractivity (Wildman–Crippen MR) is 103 cm³/mol. The quantitative estimate of drug-likeness (QED) is 0.629. The third-order valence-corrected chi connectivity index (χ3v) is 6.48. The minimum Gasteiger partial charge on any atom is -0.383 e. The molecule has 0 aliphatic rings. The topological polar surface area (TPSA) is 71.1 Å². The van der Waals surface area contributed by atoms with Crippen molar-refractivity contribution < 1.29 is 8.42 Å². The first-order valence-electron chi connectivity index (χ1n) is 7.55. The number of sulfonamides is 1. The van der Waals surface area contributed by atoms with Gasteiger partial charge in [-0.25, -0.2) is 13.4 Å². The van der Waals surface area contributed by atoms with E-state index in [1.165, 1.54) is 11.6 Å². The number of rotatable bonds is 7. The van der Waals surface area contributed by atoms with E-state index in [-0.39, 0.29) is 10.0 Å². The van der Waals surface area contributed by atoms with Gasteiger partial charge < -0.3 is 5.32 Å². The standard InChI is InChI=1S/C17H16ClN3O2S2/c18-15-7-9-17(24-15)25(22,23)21-16-8-6-14(12-20-16)19-11-10-13-4-2-1-3-5-13/h1-9,12,19H,10-11H2,(H,20,21). The zero-order valence-electron chi connectivity index (χ0n) is 13.1. The Morgan fingerprint density at radius 1 is 1.04 bits per heavy atom. The summed E-state index contributed by atoms with van der Waals surface area (Å²) >= 11 is 6.79. The lowest BCUT2D eigenvalue weighted by atomic mass is 10.1. The van der Waals surface area contributed by atoms with Crippen LogP contribution in [-0.4, -0.2) is 19.9 Å². The number of pyridine rings is 1. The van der Waals surface area contributed by atoms with Crippen LogP contribution in [0.25, 0.3) is 0 Å². The number of anilines is 2. The van der Waals surface area contributed by atoms with Crippen LogP contribution in [0.2, 0.25) is 4.34 Å². The van der Waals surface area contributed by atoms with Gasteiger partial charge in [0.05, 0.1) is 16.2 Å². The van der Waals surface area contributed by atoms with Crippen molar-refractivity contribution in [2.75, 3.05) is 16.6 Å². The summed E-state index contributed by atoms with van der Waals surface area (Å²) in [4.78, 5) is 4.14. The number of nitrogens with one attached hydrogen (secondary N) is 2. The zero-order valence-corrected chi connectivity index (χ0v) is 15.5. The fourth-order valence-electron chi connectivity index (χ4n) is 2.18. The summed E-state index contributed by atoms with van der Waals surface area (Å²) in [6, 6.07) is 16.6. The third kappa shape index (κ3) is 4.94. The van der Waals surface area contributed by atoms with Crippen molar-refractivity contribution in [3.63, 3.8) is 0 Å². The van der Waals surface area contributed by atoms with Crippen molar-refractivity contribution in [2.24, 2.45) is 0 Å². The zero-order chi connectivity index (χ0) is 17.7. The highest BCUT2D eigenvalue weighted by Gasteiger charge is 2.17. The minimum absolute atomic E-state index is 0.157. The van der Waals surface area contributed by atoms with Gasteiger partial charge in [0, 0.05) is 6.54 Å². The van der Waals surface area contributed by atoms with Crippen molar-refractivity contribution in [2.45, 2.75) is 10.6 Å². The molecule has 8 heteroatoms. The normalized spacial score (nSPS) is 11.2. The Bertz CT molecular complexity index is 926. The number of hydrogen-bond acceptors (Lipinski definition) is 5. The number of benzene rings is 1.